The van der Waals surface area contributed by atoms with Crippen LogP contribution in [0.25, 0.3) is 0 Å². The van der Waals surface area contributed by atoms with Gasteiger partial charge in [0.15, 0.2) is 0 Å². The minimum atomic E-state index is -3.82. The van der Waals surface area contributed by atoms with Crippen LogP contribution >= 0.6 is 0 Å². The predicted molar refractivity (Wildman–Crippen MR) is 122 cm³/mol. The molecule has 0 heterocycles. The molecular formula is C24H26N2O3S. The summed E-state index contributed by atoms with van der Waals surface area (Å²) in [6.07, 6.45) is 0. The SMILES string of the molecule is Cc1ccc(S(=O)(=O)Nc2ccccc2C(=O)Nc2c(C)cccc2C(C)C)cc1. The highest BCUT2D eigenvalue weighted by Crippen LogP contribution is 2.29. The minimum absolute atomic E-state index is 0.143. The molecular weight excluding hydrogens is 396 g/mol. The van der Waals surface area contributed by atoms with Gasteiger partial charge in [-0.15, -0.1) is 0 Å². The van der Waals surface area contributed by atoms with Crippen LogP contribution in [0.1, 0.15) is 46.8 Å². The van der Waals surface area contributed by atoms with Crippen LogP contribution in [0.5, 0.6) is 0 Å². The van der Waals surface area contributed by atoms with Crippen molar-refractivity contribution in [2.75, 3.05) is 10.0 Å². The van der Waals surface area contributed by atoms with E-state index in [0.717, 1.165) is 22.4 Å². The van der Waals surface area contributed by atoms with Gasteiger partial charge < -0.3 is 5.32 Å². The first-order chi connectivity index (χ1) is 14.2. The molecule has 3 rings (SSSR count). The standard InChI is InChI=1S/C24H26N2O3S/c1-16(2)20-10-7-8-18(4)23(20)25-24(27)21-9-5-6-11-22(21)26-30(28,29)19-14-12-17(3)13-15-19/h5-16,26H,1-4H3,(H,25,27). The van der Waals surface area contributed by atoms with E-state index in [1.807, 2.05) is 32.0 Å². The van der Waals surface area contributed by atoms with E-state index in [9.17, 15) is 13.2 Å². The van der Waals surface area contributed by atoms with Gasteiger partial charge in [0.05, 0.1) is 16.1 Å². The first kappa shape index (κ1) is 21.6. The second kappa shape index (κ2) is 8.71. The molecule has 0 unspecified atom stereocenters. The van der Waals surface area contributed by atoms with Gasteiger partial charge in [0, 0.05) is 5.69 Å². The van der Waals surface area contributed by atoms with Crippen molar-refractivity contribution in [1.82, 2.24) is 0 Å². The monoisotopic (exact) mass is 422 g/mol. The maximum atomic E-state index is 13.1. The molecule has 0 bridgehead atoms. The number of rotatable bonds is 6. The molecule has 0 fully saturated rings. The van der Waals surface area contributed by atoms with Gasteiger partial charge in [-0.1, -0.05) is 61.9 Å². The van der Waals surface area contributed by atoms with E-state index >= 15 is 0 Å². The Morgan fingerprint density at radius 2 is 1.53 bits per heavy atom. The Kier molecular flexibility index (Phi) is 6.27. The van der Waals surface area contributed by atoms with Gasteiger partial charge in [0.2, 0.25) is 0 Å². The highest BCUT2D eigenvalue weighted by molar-refractivity contribution is 7.92. The fraction of sp³-hybridized carbons (Fsp3) is 0.208. The maximum Gasteiger partial charge on any atom is 0.261 e. The predicted octanol–water partition coefficient (Wildman–Crippen LogP) is 5.48. The summed E-state index contributed by atoms with van der Waals surface area (Å²) in [5.74, 6) is -0.135. The fourth-order valence-electron chi connectivity index (χ4n) is 3.21. The molecule has 0 aromatic heterocycles. The van der Waals surface area contributed by atoms with Gasteiger partial charge in [0.25, 0.3) is 15.9 Å². The van der Waals surface area contributed by atoms with Crippen LogP contribution < -0.4 is 10.0 Å². The van der Waals surface area contributed by atoms with E-state index in [1.165, 1.54) is 0 Å². The van der Waals surface area contributed by atoms with Crippen LogP contribution in [0.2, 0.25) is 0 Å². The van der Waals surface area contributed by atoms with Crippen LogP contribution in [-0.2, 0) is 10.0 Å². The molecule has 0 saturated carbocycles. The number of para-hydroxylation sites is 2. The lowest BCUT2D eigenvalue weighted by Gasteiger charge is -2.18. The zero-order valence-corrected chi connectivity index (χ0v) is 18.4. The summed E-state index contributed by atoms with van der Waals surface area (Å²) in [6.45, 7) is 7.95. The van der Waals surface area contributed by atoms with Crippen LogP contribution in [0.4, 0.5) is 11.4 Å². The Morgan fingerprint density at radius 1 is 0.867 bits per heavy atom. The maximum absolute atomic E-state index is 13.1. The van der Waals surface area contributed by atoms with Crippen molar-refractivity contribution in [2.45, 2.75) is 38.5 Å². The molecule has 156 valence electrons. The average molecular weight is 423 g/mol. The number of hydrogen-bond acceptors (Lipinski definition) is 3. The van der Waals surface area contributed by atoms with Gasteiger partial charge in [-0.05, 0) is 55.2 Å². The van der Waals surface area contributed by atoms with Crippen LogP contribution in [0, 0.1) is 13.8 Å². The third-order valence-corrected chi connectivity index (χ3v) is 6.29. The number of carbonyl (C=O) groups is 1. The van der Waals surface area contributed by atoms with E-state index in [-0.39, 0.29) is 28.0 Å². The van der Waals surface area contributed by atoms with E-state index in [0.29, 0.717) is 0 Å². The highest BCUT2D eigenvalue weighted by Gasteiger charge is 2.20. The lowest BCUT2D eigenvalue weighted by Crippen LogP contribution is -2.19. The number of anilines is 2. The van der Waals surface area contributed by atoms with E-state index in [4.69, 9.17) is 0 Å². The molecule has 3 aromatic carbocycles. The minimum Gasteiger partial charge on any atom is -0.321 e. The van der Waals surface area contributed by atoms with Crippen molar-refractivity contribution in [3.8, 4) is 0 Å². The number of nitrogens with one attached hydrogen (secondary N) is 2. The highest BCUT2D eigenvalue weighted by atomic mass is 32.2. The molecule has 0 radical (unpaired) electrons. The Bertz CT molecular complexity index is 1170. The van der Waals surface area contributed by atoms with Crippen molar-refractivity contribution in [3.63, 3.8) is 0 Å². The Labute approximate surface area is 178 Å². The first-order valence-corrected chi connectivity index (χ1v) is 11.3. The smallest absolute Gasteiger partial charge is 0.261 e. The molecule has 3 aromatic rings. The Balaban J connectivity index is 1.93. The topological polar surface area (TPSA) is 75.3 Å². The van der Waals surface area contributed by atoms with E-state index in [2.05, 4.69) is 23.9 Å². The summed E-state index contributed by atoms with van der Waals surface area (Å²) in [5, 5.41) is 2.98. The molecule has 1 amide bonds. The molecule has 0 spiro atoms. The van der Waals surface area contributed by atoms with Crippen molar-refractivity contribution in [1.29, 1.82) is 0 Å². The zero-order valence-electron chi connectivity index (χ0n) is 17.6. The number of amides is 1. The number of sulfonamides is 1. The normalized spacial score (nSPS) is 11.4. The summed E-state index contributed by atoms with van der Waals surface area (Å²) in [7, 11) is -3.82. The second-order valence-corrected chi connectivity index (χ2v) is 9.29. The molecule has 0 aliphatic rings. The van der Waals surface area contributed by atoms with Gasteiger partial charge in [-0.25, -0.2) is 8.42 Å². The second-order valence-electron chi connectivity index (χ2n) is 7.61. The molecule has 0 saturated heterocycles. The number of aryl methyl sites for hydroxylation is 2. The third kappa shape index (κ3) is 4.71. The van der Waals surface area contributed by atoms with Crippen LogP contribution in [-0.4, -0.2) is 14.3 Å². The molecule has 2 N–H and O–H groups in total. The van der Waals surface area contributed by atoms with Gasteiger partial charge in [0.1, 0.15) is 0 Å². The summed E-state index contributed by atoms with van der Waals surface area (Å²) >= 11 is 0. The quantitative estimate of drug-likeness (QED) is 0.552. The van der Waals surface area contributed by atoms with Crippen molar-refractivity contribution in [2.24, 2.45) is 0 Å². The number of carbonyl (C=O) groups excluding carboxylic acids is 1. The first-order valence-electron chi connectivity index (χ1n) is 9.78. The Hall–Kier alpha value is -3.12. The lowest BCUT2D eigenvalue weighted by atomic mass is 9.98. The largest absolute Gasteiger partial charge is 0.321 e. The average Bonchev–Trinajstić information content (AvgIpc) is 2.69. The Morgan fingerprint density at radius 3 is 2.20 bits per heavy atom. The van der Waals surface area contributed by atoms with Crippen molar-refractivity contribution >= 4 is 27.3 Å². The summed E-state index contributed by atoms with van der Waals surface area (Å²) in [4.78, 5) is 13.2. The molecule has 30 heavy (non-hydrogen) atoms. The molecule has 0 aliphatic carbocycles. The van der Waals surface area contributed by atoms with E-state index < -0.39 is 10.0 Å². The zero-order chi connectivity index (χ0) is 21.9. The fourth-order valence-corrected chi connectivity index (χ4v) is 4.29. The van der Waals surface area contributed by atoms with Gasteiger partial charge in [-0.2, -0.15) is 0 Å². The van der Waals surface area contributed by atoms with Crippen molar-refractivity contribution in [3.05, 3.63) is 89.0 Å². The lowest BCUT2D eigenvalue weighted by molar-refractivity contribution is 0.102. The summed E-state index contributed by atoms with van der Waals surface area (Å²) < 4.78 is 28.2. The third-order valence-electron chi connectivity index (χ3n) is 4.91. The molecule has 0 atom stereocenters. The number of hydrogen-bond donors (Lipinski definition) is 2. The van der Waals surface area contributed by atoms with Crippen LogP contribution in [0.3, 0.4) is 0 Å². The summed E-state index contributed by atoms with van der Waals surface area (Å²) in [6, 6.07) is 19.0. The van der Waals surface area contributed by atoms with E-state index in [1.54, 1.807) is 48.5 Å². The molecule has 6 heteroatoms. The van der Waals surface area contributed by atoms with Gasteiger partial charge >= 0.3 is 0 Å². The molecule has 5 nitrogen and oxygen atoms in total. The van der Waals surface area contributed by atoms with Crippen LogP contribution in [0.15, 0.2) is 71.6 Å². The van der Waals surface area contributed by atoms with Crippen molar-refractivity contribution < 1.29 is 13.2 Å². The molecule has 0 aliphatic heterocycles. The number of benzene rings is 3. The van der Waals surface area contributed by atoms with Gasteiger partial charge in [-0.3, -0.25) is 9.52 Å². The summed E-state index contributed by atoms with van der Waals surface area (Å²) in [5.41, 5.74) is 4.19.